The van der Waals surface area contributed by atoms with Crippen LogP contribution in [-0.2, 0) is 4.74 Å². The fourth-order valence-corrected chi connectivity index (χ4v) is 4.10. The smallest absolute Gasteiger partial charge is 0.414 e. The fraction of sp³-hybridized carbons (Fsp3) is 0.391. The van der Waals surface area contributed by atoms with Gasteiger partial charge in [0.25, 0.3) is 0 Å². The van der Waals surface area contributed by atoms with Crippen LogP contribution in [0.1, 0.15) is 37.3 Å². The van der Waals surface area contributed by atoms with Crippen LogP contribution in [0.15, 0.2) is 48.5 Å². The van der Waals surface area contributed by atoms with Crippen molar-refractivity contribution in [3.63, 3.8) is 0 Å². The maximum atomic E-state index is 13.2. The predicted molar refractivity (Wildman–Crippen MR) is 115 cm³/mol. The molecule has 158 valence electrons. The first-order valence-corrected chi connectivity index (χ1v) is 10.4. The van der Waals surface area contributed by atoms with E-state index in [4.69, 9.17) is 9.47 Å². The lowest BCUT2D eigenvalue weighted by atomic mass is 10.0. The van der Waals surface area contributed by atoms with Crippen LogP contribution in [0.2, 0.25) is 0 Å². The molecule has 0 radical (unpaired) electrons. The Morgan fingerprint density at radius 2 is 1.93 bits per heavy atom. The number of amides is 3. The number of nitrogens with one attached hydrogen (secondary N) is 1. The third-order valence-electron chi connectivity index (χ3n) is 5.68. The van der Waals surface area contributed by atoms with Crippen molar-refractivity contribution in [2.24, 2.45) is 0 Å². The summed E-state index contributed by atoms with van der Waals surface area (Å²) in [6, 6.07) is 15.2. The van der Waals surface area contributed by atoms with Gasteiger partial charge >= 0.3 is 12.1 Å². The summed E-state index contributed by atoms with van der Waals surface area (Å²) < 4.78 is 10.3. The molecule has 3 amide bonds. The Labute approximate surface area is 176 Å². The zero-order valence-electron chi connectivity index (χ0n) is 17.2. The third kappa shape index (κ3) is 4.35. The van der Waals surface area contributed by atoms with E-state index in [9.17, 15) is 9.59 Å². The minimum Gasteiger partial charge on any atom is -0.497 e. The minimum atomic E-state index is -0.356. The molecule has 0 aromatic heterocycles. The Balaban J connectivity index is 1.52. The first-order valence-electron chi connectivity index (χ1n) is 10.4. The van der Waals surface area contributed by atoms with Crippen molar-refractivity contribution in [1.29, 1.82) is 0 Å². The number of rotatable bonds is 4. The van der Waals surface area contributed by atoms with Crippen LogP contribution in [-0.4, -0.2) is 43.8 Å². The largest absolute Gasteiger partial charge is 0.497 e. The molecular weight excluding hydrogens is 382 g/mol. The van der Waals surface area contributed by atoms with E-state index in [1.54, 1.807) is 12.0 Å². The quantitative estimate of drug-likeness (QED) is 0.787. The molecule has 0 saturated carbocycles. The maximum absolute atomic E-state index is 13.2. The van der Waals surface area contributed by atoms with Crippen LogP contribution in [0.3, 0.4) is 0 Å². The molecule has 30 heavy (non-hydrogen) atoms. The summed E-state index contributed by atoms with van der Waals surface area (Å²) >= 11 is 0. The average Bonchev–Trinajstić information content (AvgIpc) is 3.05. The van der Waals surface area contributed by atoms with E-state index in [1.165, 1.54) is 0 Å². The van der Waals surface area contributed by atoms with Crippen molar-refractivity contribution >= 4 is 23.5 Å². The Kier molecular flexibility index (Phi) is 6.07. The van der Waals surface area contributed by atoms with Gasteiger partial charge in [-0.1, -0.05) is 31.0 Å². The van der Waals surface area contributed by atoms with Crippen LogP contribution < -0.4 is 15.0 Å². The first kappa shape index (κ1) is 20.1. The maximum Gasteiger partial charge on any atom is 0.414 e. The van der Waals surface area contributed by atoms with Gasteiger partial charge in [0.15, 0.2) is 0 Å². The SMILES string of the molecule is COc1ccc([C@@H]2CCCCCN2C(=O)Nc2cccc(N3CCOC3=O)c2)cc1. The van der Waals surface area contributed by atoms with Crippen molar-refractivity contribution in [3.05, 3.63) is 54.1 Å². The van der Waals surface area contributed by atoms with Gasteiger partial charge < -0.3 is 19.7 Å². The lowest BCUT2D eigenvalue weighted by Gasteiger charge is -2.31. The van der Waals surface area contributed by atoms with E-state index in [0.717, 1.165) is 42.7 Å². The van der Waals surface area contributed by atoms with Crippen LogP contribution >= 0.6 is 0 Å². The number of cyclic esters (lactones) is 1. The summed E-state index contributed by atoms with van der Waals surface area (Å²) in [7, 11) is 1.65. The summed E-state index contributed by atoms with van der Waals surface area (Å²) in [6.45, 7) is 1.61. The minimum absolute atomic E-state index is 0.0233. The highest BCUT2D eigenvalue weighted by atomic mass is 16.6. The molecule has 7 nitrogen and oxygen atoms in total. The van der Waals surface area contributed by atoms with Gasteiger partial charge in [0, 0.05) is 17.9 Å². The number of hydrogen-bond donors (Lipinski definition) is 1. The topological polar surface area (TPSA) is 71.1 Å². The Hall–Kier alpha value is -3.22. The Bertz CT molecular complexity index is 900. The molecule has 2 fully saturated rings. The van der Waals surface area contributed by atoms with E-state index < -0.39 is 0 Å². The van der Waals surface area contributed by atoms with Crippen LogP contribution in [0, 0.1) is 0 Å². The number of urea groups is 1. The number of anilines is 2. The number of carbonyl (C=O) groups excluding carboxylic acids is 2. The molecule has 2 aromatic carbocycles. The van der Waals surface area contributed by atoms with Gasteiger partial charge in [-0.25, -0.2) is 9.59 Å². The molecule has 2 aromatic rings. The van der Waals surface area contributed by atoms with Crippen molar-refractivity contribution in [3.8, 4) is 5.75 Å². The second kappa shape index (κ2) is 9.07. The molecule has 2 saturated heterocycles. The van der Waals surface area contributed by atoms with Gasteiger partial charge in [-0.2, -0.15) is 0 Å². The highest BCUT2D eigenvalue weighted by Gasteiger charge is 2.28. The van der Waals surface area contributed by atoms with E-state index in [-0.39, 0.29) is 18.2 Å². The molecule has 0 bridgehead atoms. The molecule has 2 heterocycles. The van der Waals surface area contributed by atoms with Gasteiger partial charge in [0.2, 0.25) is 0 Å². The number of carbonyl (C=O) groups is 2. The van der Waals surface area contributed by atoms with Gasteiger partial charge in [0.05, 0.1) is 19.7 Å². The molecule has 0 aliphatic carbocycles. The molecule has 2 aliphatic rings. The summed E-state index contributed by atoms with van der Waals surface area (Å²) in [4.78, 5) is 28.5. The van der Waals surface area contributed by atoms with Crippen molar-refractivity contribution in [2.45, 2.75) is 31.7 Å². The van der Waals surface area contributed by atoms with Crippen LogP contribution in [0.5, 0.6) is 5.75 Å². The second-order valence-electron chi connectivity index (χ2n) is 7.58. The third-order valence-corrected chi connectivity index (χ3v) is 5.68. The monoisotopic (exact) mass is 409 g/mol. The van der Waals surface area contributed by atoms with Crippen LogP contribution in [0.25, 0.3) is 0 Å². The van der Waals surface area contributed by atoms with Gasteiger partial charge in [0.1, 0.15) is 12.4 Å². The highest BCUT2D eigenvalue weighted by molar-refractivity contribution is 5.93. The molecular formula is C23H27N3O4. The van der Waals surface area contributed by atoms with Crippen molar-refractivity contribution in [2.75, 3.05) is 37.0 Å². The molecule has 1 N–H and O–H groups in total. The molecule has 0 unspecified atom stereocenters. The summed E-state index contributed by atoms with van der Waals surface area (Å²) in [6.07, 6.45) is 3.76. The highest BCUT2D eigenvalue weighted by Crippen LogP contribution is 2.32. The van der Waals surface area contributed by atoms with E-state index >= 15 is 0 Å². The number of methoxy groups -OCH3 is 1. The molecule has 1 atom stereocenters. The standard InChI is InChI=1S/C23H27N3O4/c1-29-20-11-9-17(10-12-20)21-8-3-2-4-13-26(21)22(27)24-18-6-5-7-19(16-18)25-14-15-30-23(25)28/h5-7,9-12,16,21H,2-4,8,13-15H2,1H3,(H,24,27)/t21-/m0/s1. The van der Waals surface area contributed by atoms with E-state index in [0.29, 0.717) is 25.4 Å². The molecule has 0 spiro atoms. The number of hydrogen-bond acceptors (Lipinski definition) is 4. The van der Waals surface area contributed by atoms with Crippen molar-refractivity contribution < 1.29 is 19.1 Å². The lowest BCUT2D eigenvalue weighted by molar-refractivity contribution is 0.181. The van der Waals surface area contributed by atoms with Crippen LogP contribution in [0.4, 0.5) is 21.0 Å². The summed E-state index contributed by atoms with van der Waals surface area (Å²) in [5.41, 5.74) is 2.49. The molecule has 2 aliphatic heterocycles. The first-order chi connectivity index (χ1) is 14.7. The predicted octanol–water partition coefficient (Wildman–Crippen LogP) is 4.80. The molecule has 7 heteroatoms. The zero-order valence-corrected chi connectivity index (χ0v) is 17.2. The number of ether oxygens (including phenoxy) is 2. The van der Waals surface area contributed by atoms with Gasteiger partial charge in [-0.05, 0) is 48.7 Å². The van der Waals surface area contributed by atoms with Gasteiger partial charge in [-0.15, -0.1) is 0 Å². The average molecular weight is 409 g/mol. The Morgan fingerprint density at radius 3 is 2.67 bits per heavy atom. The van der Waals surface area contributed by atoms with Crippen molar-refractivity contribution in [1.82, 2.24) is 4.90 Å². The normalized spacial score (nSPS) is 19.2. The Morgan fingerprint density at radius 1 is 1.10 bits per heavy atom. The van der Waals surface area contributed by atoms with E-state index in [2.05, 4.69) is 5.32 Å². The number of likely N-dealkylation sites (tertiary alicyclic amines) is 1. The zero-order chi connectivity index (χ0) is 20.9. The fourth-order valence-electron chi connectivity index (χ4n) is 4.10. The second-order valence-corrected chi connectivity index (χ2v) is 7.58. The number of benzene rings is 2. The lowest BCUT2D eigenvalue weighted by Crippen LogP contribution is -2.38. The summed E-state index contributed by atoms with van der Waals surface area (Å²) in [5, 5.41) is 3.02. The van der Waals surface area contributed by atoms with Gasteiger partial charge in [-0.3, -0.25) is 4.90 Å². The molecule has 4 rings (SSSR count). The number of nitrogens with zero attached hydrogens (tertiary/aromatic N) is 2. The summed E-state index contributed by atoms with van der Waals surface area (Å²) in [5.74, 6) is 0.806. The van der Waals surface area contributed by atoms with E-state index in [1.807, 2.05) is 53.4 Å².